The highest BCUT2D eigenvalue weighted by molar-refractivity contribution is 8.76. The smallest absolute Gasteiger partial charge is 0.163 e. The Labute approximate surface area is 137 Å². The zero-order chi connectivity index (χ0) is 15.1. The zero-order valence-corrected chi connectivity index (χ0v) is 13.6. The van der Waals surface area contributed by atoms with Gasteiger partial charge in [0.05, 0.1) is 0 Å². The number of carbonyl (C=O) groups excluding carboxylic acids is 2. The van der Waals surface area contributed by atoms with Crippen molar-refractivity contribution in [1.82, 2.24) is 0 Å². The van der Waals surface area contributed by atoms with Crippen LogP contribution in [0.15, 0.2) is 46.2 Å². The van der Waals surface area contributed by atoms with E-state index in [0.29, 0.717) is 12.8 Å². The normalized spacial score (nSPS) is 16.0. The van der Waals surface area contributed by atoms with Gasteiger partial charge >= 0.3 is 0 Å². The molecule has 0 atom stereocenters. The van der Waals surface area contributed by atoms with Crippen LogP contribution in [0.4, 0.5) is 0 Å². The molecule has 0 aromatic heterocycles. The van der Waals surface area contributed by atoms with E-state index in [1.54, 1.807) is 21.6 Å². The molecule has 0 radical (unpaired) electrons. The molecule has 2 aliphatic carbocycles. The number of hydrogen-bond acceptors (Lipinski definition) is 4. The van der Waals surface area contributed by atoms with Crippen molar-refractivity contribution in [2.45, 2.75) is 35.5 Å². The van der Waals surface area contributed by atoms with Gasteiger partial charge in [-0.05, 0) is 60.4 Å². The maximum Gasteiger partial charge on any atom is 0.163 e. The van der Waals surface area contributed by atoms with Crippen LogP contribution in [0, 0.1) is 0 Å². The molecule has 0 saturated carbocycles. The summed E-state index contributed by atoms with van der Waals surface area (Å²) in [5, 5.41) is 0. The molecule has 0 fully saturated rings. The molecule has 0 saturated heterocycles. The Balaban J connectivity index is 1.49. The molecule has 0 bridgehead atoms. The first-order chi connectivity index (χ1) is 10.7. The Morgan fingerprint density at radius 2 is 1.09 bits per heavy atom. The van der Waals surface area contributed by atoms with Crippen LogP contribution in [-0.4, -0.2) is 11.6 Å². The van der Waals surface area contributed by atoms with Crippen molar-refractivity contribution in [3.63, 3.8) is 0 Å². The molecule has 4 heteroatoms. The average Bonchev–Trinajstić information content (AvgIpc) is 3.09. The predicted octanol–water partition coefficient (Wildman–Crippen LogP) is 4.74. The minimum atomic E-state index is 0.266. The highest BCUT2D eigenvalue weighted by Crippen LogP contribution is 2.40. The molecular weight excluding hydrogens is 312 g/mol. The average molecular weight is 326 g/mol. The molecule has 2 aliphatic rings. The SMILES string of the molecule is O=C1CCc2cc(SSc3ccc4c(c3)CCC4=O)ccc21. The lowest BCUT2D eigenvalue weighted by atomic mass is 10.1. The van der Waals surface area contributed by atoms with Crippen molar-refractivity contribution in [2.75, 3.05) is 0 Å². The van der Waals surface area contributed by atoms with Gasteiger partial charge in [0, 0.05) is 33.8 Å². The lowest BCUT2D eigenvalue weighted by Crippen LogP contribution is -1.90. The summed E-state index contributed by atoms with van der Waals surface area (Å²) in [6.07, 6.45) is 3.03. The standard InChI is InChI=1S/C18H14O2S2/c19-17-7-1-11-9-13(3-5-15(11)17)21-22-14-4-6-16-12(10-14)2-8-18(16)20/h3-6,9-10H,1-2,7-8H2. The van der Waals surface area contributed by atoms with Crippen LogP contribution < -0.4 is 0 Å². The van der Waals surface area contributed by atoms with Crippen LogP contribution in [0.25, 0.3) is 0 Å². The monoisotopic (exact) mass is 326 g/mol. The number of fused-ring (bicyclic) bond motifs is 2. The van der Waals surface area contributed by atoms with Gasteiger partial charge in [-0.15, -0.1) is 0 Å². The van der Waals surface area contributed by atoms with Crippen molar-refractivity contribution in [3.8, 4) is 0 Å². The van der Waals surface area contributed by atoms with Crippen LogP contribution in [0.5, 0.6) is 0 Å². The highest BCUT2D eigenvalue weighted by atomic mass is 33.1. The number of aryl methyl sites for hydroxylation is 2. The van der Waals surface area contributed by atoms with E-state index in [1.165, 1.54) is 20.9 Å². The van der Waals surface area contributed by atoms with E-state index in [0.717, 1.165) is 24.0 Å². The molecule has 0 spiro atoms. The van der Waals surface area contributed by atoms with Gasteiger partial charge in [0.2, 0.25) is 0 Å². The molecule has 0 unspecified atom stereocenters. The van der Waals surface area contributed by atoms with Gasteiger partial charge in [-0.2, -0.15) is 0 Å². The third kappa shape index (κ3) is 2.50. The molecule has 2 aromatic carbocycles. The van der Waals surface area contributed by atoms with Gasteiger partial charge < -0.3 is 0 Å². The number of rotatable bonds is 3. The Morgan fingerprint density at radius 3 is 1.55 bits per heavy atom. The number of carbonyl (C=O) groups is 2. The summed E-state index contributed by atoms with van der Waals surface area (Å²) in [6.45, 7) is 0. The van der Waals surface area contributed by atoms with E-state index >= 15 is 0 Å². The molecule has 0 heterocycles. The van der Waals surface area contributed by atoms with Crippen molar-refractivity contribution >= 4 is 33.2 Å². The van der Waals surface area contributed by atoms with Crippen LogP contribution in [-0.2, 0) is 12.8 Å². The molecule has 0 aliphatic heterocycles. The van der Waals surface area contributed by atoms with Gasteiger partial charge in [0.15, 0.2) is 11.6 Å². The van der Waals surface area contributed by atoms with Gasteiger partial charge in [-0.25, -0.2) is 0 Å². The van der Waals surface area contributed by atoms with Crippen LogP contribution in [0.1, 0.15) is 44.7 Å². The Hall–Kier alpha value is -1.52. The second-order valence-electron chi connectivity index (χ2n) is 5.65. The van der Waals surface area contributed by atoms with E-state index in [1.807, 2.05) is 24.3 Å². The summed E-state index contributed by atoms with van der Waals surface area (Å²) >= 11 is 0. The van der Waals surface area contributed by atoms with Crippen molar-refractivity contribution in [1.29, 1.82) is 0 Å². The number of benzene rings is 2. The van der Waals surface area contributed by atoms with E-state index in [9.17, 15) is 9.59 Å². The summed E-state index contributed by atoms with van der Waals surface area (Å²) in [6, 6.07) is 12.2. The second-order valence-corrected chi connectivity index (χ2v) is 7.93. The summed E-state index contributed by atoms with van der Waals surface area (Å²) in [7, 11) is 3.41. The topological polar surface area (TPSA) is 34.1 Å². The summed E-state index contributed by atoms with van der Waals surface area (Å²) in [5.74, 6) is 0.532. The predicted molar refractivity (Wildman–Crippen MR) is 89.9 cm³/mol. The Kier molecular flexibility index (Phi) is 3.59. The number of hydrogen-bond donors (Lipinski definition) is 0. The fraction of sp³-hybridized carbons (Fsp3) is 0.222. The summed E-state index contributed by atoms with van der Waals surface area (Å²) in [5.41, 5.74) is 4.14. The molecule has 0 amide bonds. The lowest BCUT2D eigenvalue weighted by molar-refractivity contribution is 0.0986. The molecule has 110 valence electrons. The van der Waals surface area contributed by atoms with Crippen LogP contribution >= 0.6 is 21.6 Å². The minimum absolute atomic E-state index is 0.266. The van der Waals surface area contributed by atoms with E-state index in [-0.39, 0.29) is 11.6 Å². The third-order valence-electron chi connectivity index (χ3n) is 4.23. The first kappa shape index (κ1) is 14.1. The van der Waals surface area contributed by atoms with Crippen molar-refractivity contribution in [2.24, 2.45) is 0 Å². The maximum atomic E-state index is 11.7. The van der Waals surface area contributed by atoms with Gasteiger partial charge in [-0.1, -0.05) is 21.6 Å². The Morgan fingerprint density at radius 1 is 0.636 bits per heavy atom. The summed E-state index contributed by atoms with van der Waals surface area (Å²) in [4.78, 5) is 25.7. The second kappa shape index (κ2) is 5.60. The quantitative estimate of drug-likeness (QED) is 0.763. The van der Waals surface area contributed by atoms with Crippen molar-refractivity contribution in [3.05, 3.63) is 58.7 Å². The first-order valence-electron chi connectivity index (χ1n) is 7.37. The minimum Gasteiger partial charge on any atom is -0.294 e. The lowest BCUT2D eigenvalue weighted by Gasteiger charge is -2.05. The molecule has 2 aromatic rings. The van der Waals surface area contributed by atoms with E-state index in [2.05, 4.69) is 12.1 Å². The third-order valence-corrected chi connectivity index (χ3v) is 6.61. The number of Topliss-reactive ketones (excluding diaryl/α,β-unsaturated/α-hetero) is 2. The molecule has 4 rings (SSSR count). The molecule has 22 heavy (non-hydrogen) atoms. The zero-order valence-electron chi connectivity index (χ0n) is 11.9. The molecule has 0 N–H and O–H groups in total. The largest absolute Gasteiger partial charge is 0.294 e. The van der Waals surface area contributed by atoms with Gasteiger partial charge in [0.25, 0.3) is 0 Å². The summed E-state index contributed by atoms with van der Waals surface area (Å²) < 4.78 is 0. The number of ketones is 2. The van der Waals surface area contributed by atoms with Crippen molar-refractivity contribution < 1.29 is 9.59 Å². The Bertz CT molecular complexity index is 728. The highest BCUT2D eigenvalue weighted by Gasteiger charge is 2.20. The van der Waals surface area contributed by atoms with E-state index in [4.69, 9.17) is 0 Å². The molecular formula is C18H14O2S2. The van der Waals surface area contributed by atoms with Crippen LogP contribution in [0.2, 0.25) is 0 Å². The maximum absolute atomic E-state index is 11.7. The first-order valence-corrected chi connectivity index (χ1v) is 9.52. The van der Waals surface area contributed by atoms with Gasteiger partial charge in [0.1, 0.15) is 0 Å². The van der Waals surface area contributed by atoms with Crippen LogP contribution in [0.3, 0.4) is 0 Å². The molecule has 2 nitrogen and oxygen atoms in total. The van der Waals surface area contributed by atoms with E-state index < -0.39 is 0 Å². The fourth-order valence-electron chi connectivity index (χ4n) is 3.06. The van der Waals surface area contributed by atoms with Gasteiger partial charge in [-0.3, -0.25) is 9.59 Å². The fourth-order valence-corrected chi connectivity index (χ4v) is 5.08.